The lowest BCUT2D eigenvalue weighted by Gasteiger charge is -2.07. The summed E-state index contributed by atoms with van der Waals surface area (Å²) < 4.78 is 18.2. The Morgan fingerprint density at radius 2 is 2.36 bits per heavy atom. The smallest absolute Gasteiger partial charge is 0.411 e. The van der Waals surface area contributed by atoms with Gasteiger partial charge in [0.15, 0.2) is 0 Å². The molecule has 1 N–H and O–H groups in total. The topological polar surface area (TPSA) is 38.3 Å². The lowest BCUT2D eigenvalue weighted by molar-refractivity contribution is 0.167. The molecule has 0 aliphatic rings. The van der Waals surface area contributed by atoms with Crippen LogP contribution in [-0.4, -0.2) is 12.7 Å². The fourth-order valence-corrected chi connectivity index (χ4v) is 1.33. The number of amides is 1. The molecule has 0 spiro atoms. The molecule has 0 bridgehead atoms. The van der Waals surface area contributed by atoms with E-state index in [0.717, 1.165) is 0 Å². The minimum atomic E-state index is -0.668. The van der Waals surface area contributed by atoms with Crippen molar-refractivity contribution in [2.75, 3.05) is 11.9 Å². The van der Waals surface area contributed by atoms with E-state index in [0.29, 0.717) is 4.47 Å². The number of hydrogen-bond donors (Lipinski definition) is 1. The number of ether oxygens (including phenoxy) is 1. The van der Waals surface area contributed by atoms with Gasteiger partial charge < -0.3 is 4.74 Å². The van der Waals surface area contributed by atoms with Gasteiger partial charge in [-0.25, -0.2) is 9.18 Å². The van der Waals surface area contributed by atoms with Crippen molar-refractivity contribution in [1.29, 1.82) is 0 Å². The molecular formula is C9H9BrFNO2. The summed E-state index contributed by atoms with van der Waals surface area (Å²) in [6.07, 6.45) is -0.668. The number of carbonyl (C=O) groups excluding carboxylic acids is 1. The van der Waals surface area contributed by atoms with Crippen LogP contribution in [0.1, 0.15) is 6.92 Å². The molecular weight excluding hydrogens is 253 g/mol. The maximum atomic E-state index is 13.2. The highest BCUT2D eigenvalue weighted by molar-refractivity contribution is 9.10. The lowest BCUT2D eigenvalue weighted by atomic mass is 10.3. The van der Waals surface area contributed by atoms with E-state index in [9.17, 15) is 9.18 Å². The Hall–Kier alpha value is -1.10. The summed E-state index contributed by atoms with van der Waals surface area (Å²) in [6.45, 7) is 1.92. The fraction of sp³-hybridized carbons (Fsp3) is 0.222. The molecule has 0 aliphatic carbocycles. The van der Waals surface area contributed by atoms with Gasteiger partial charge >= 0.3 is 6.09 Å². The maximum absolute atomic E-state index is 13.2. The van der Waals surface area contributed by atoms with E-state index >= 15 is 0 Å². The number of para-hydroxylation sites is 1. The molecule has 1 aromatic rings. The molecule has 0 aliphatic heterocycles. The van der Waals surface area contributed by atoms with Crippen LogP contribution in [0, 0.1) is 5.82 Å². The van der Waals surface area contributed by atoms with Crippen LogP contribution in [0.4, 0.5) is 14.9 Å². The third-order valence-corrected chi connectivity index (χ3v) is 2.13. The largest absolute Gasteiger partial charge is 0.450 e. The van der Waals surface area contributed by atoms with E-state index in [1.807, 2.05) is 0 Å². The van der Waals surface area contributed by atoms with Gasteiger partial charge in [-0.3, -0.25) is 5.32 Å². The van der Waals surface area contributed by atoms with Gasteiger partial charge in [0.2, 0.25) is 0 Å². The second-order valence-electron chi connectivity index (χ2n) is 2.44. The first-order valence-electron chi connectivity index (χ1n) is 4.03. The van der Waals surface area contributed by atoms with E-state index in [4.69, 9.17) is 0 Å². The molecule has 1 rings (SSSR count). The Balaban J connectivity index is 2.80. The second kappa shape index (κ2) is 4.95. The summed E-state index contributed by atoms with van der Waals surface area (Å²) in [5.74, 6) is -0.507. The second-order valence-corrected chi connectivity index (χ2v) is 3.30. The van der Waals surface area contributed by atoms with Gasteiger partial charge in [-0.05, 0) is 35.0 Å². The van der Waals surface area contributed by atoms with Gasteiger partial charge in [0, 0.05) is 4.47 Å². The molecule has 1 amide bonds. The molecule has 0 radical (unpaired) electrons. The van der Waals surface area contributed by atoms with E-state index < -0.39 is 11.9 Å². The van der Waals surface area contributed by atoms with Crippen LogP contribution in [0.2, 0.25) is 0 Å². The zero-order chi connectivity index (χ0) is 10.6. The van der Waals surface area contributed by atoms with Crippen LogP contribution in [0.5, 0.6) is 0 Å². The summed E-state index contributed by atoms with van der Waals surface area (Å²) in [5.41, 5.74) is 0.0888. The van der Waals surface area contributed by atoms with Gasteiger partial charge in [-0.2, -0.15) is 0 Å². The van der Waals surface area contributed by atoms with Crippen molar-refractivity contribution in [3.8, 4) is 0 Å². The van der Waals surface area contributed by atoms with Crippen LogP contribution in [0.3, 0.4) is 0 Å². The zero-order valence-electron chi connectivity index (χ0n) is 7.51. The van der Waals surface area contributed by atoms with Crippen LogP contribution in [0.25, 0.3) is 0 Å². The molecule has 14 heavy (non-hydrogen) atoms. The van der Waals surface area contributed by atoms with Crippen LogP contribution < -0.4 is 5.32 Å². The van der Waals surface area contributed by atoms with E-state index in [1.165, 1.54) is 12.1 Å². The Morgan fingerprint density at radius 3 is 2.93 bits per heavy atom. The van der Waals surface area contributed by atoms with E-state index in [2.05, 4.69) is 26.0 Å². The molecule has 3 nitrogen and oxygen atoms in total. The highest BCUT2D eigenvalue weighted by atomic mass is 79.9. The van der Waals surface area contributed by atoms with Crippen LogP contribution in [-0.2, 0) is 4.74 Å². The van der Waals surface area contributed by atoms with Gasteiger partial charge in [-0.1, -0.05) is 6.07 Å². The third kappa shape index (κ3) is 2.70. The summed E-state index contributed by atoms with van der Waals surface area (Å²) in [5, 5.41) is 2.30. The summed E-state index contributed by atoms with van der Waals surface area (Å²) in [6, 6.07) is 4.42. The van der Waals surface area contributed by atoms with E-state index in [-0.39, 0.29) is 12.3 Å². The first-order chi connectivity index (χ1) is 6.65. The summed E-state index contributed by atoms with van der Waals surface area (Å²) >= 11 is 3.12. The number of anilines is 1. The average Bonchev–Trinajstić information content (AvgIpc) is 2.12. The normalized spacial score (nSPS) is 9.64. The molecule has 0 saturated carbocycles. The number of hydrogen-bond acceptors (Lipinski definition) is 2. The van der Waals surface area contributed by atoms with Crippen molar-refractivity contribution in [3.63, 3.8) is 0 Å². The van der Waals surface area contributed by atoms with Gasteiger partial charge in [0.05, 0.1) is 12.3 Å². The molecule has 5 heteroatoms. The van der Waals surface area contributed by atoms with Crippen molar-refractivity contribution in [1.82, 2.24) is 0 Å². The molecule has 0 heterocycles. The highest BCUT2D eigenvalue weighted by Crippen LogP contribution is 2.25. The number of benzene rings is 1. The van der Waals surface area contributed by atoms with E-state index in [1.54, 1.807) is 13.0 Å². The first-order valence-corrected chi connectivity index (χ1v) is 4.82. The standard InChI is InChI=1S/C9H9BrFNO2/c1-2-14-9(13)12-8-6(10)4-3-5-7(8)11/h3-5H,2H2,1H3,(H,12,13). The third-order valence-electron chi connectivity index (χ3n) is 1.47. The average molecular weight is 262 g/mol. The predicted octanol–water partition coefficient (Wildman–Crippen LogP) is 3.16. The summed E-state index contributed by atoms with van der Waals surface area (Å²) in [4.78, 5) is 11.0. The molecule has 1 aromatic carbocycles. The number of rotatable bonds is 2. The summed E-state index contributed by atoms with van der Waals surface area (Å²) in [7, 11) is 0. The molecule has 0 aromatic heterocycles. The minimum Gasteiger partial charge on any atom is -0.450 e. The number of nitrogens with one attached hydrogen (secondary N) is 1. The van der Waals surface area contributed by atoms with Crippen molar-refractivity contribution in [2.45, 2.75) is 6.92 Å². The quantitative estimate of drug-likeness (QED) is 0.888. The van der Waals surface area contributed by atoms with Crippen molar-refractivity contribution >= 4 is 27.7 Å². The maximum Gasteiger partial charge on any atom is 0.411 e. The number of carbonyl (C=O) groups is 1. The molecule has 76 valence electrons. The fourth-order valence-electron chi connectivity index (χ4n) is 0.886. The van der Waals surface area contributed by atoms with Crippen molar-refractivity contribution in [2.24, 2.45) is 0 Å². The SMILES string of the molecule is CCOC(=O)Nc1c(F)cccc1Br. The predicted molar refractivity (Wildman–Crippen MR) is 54.7 cm³/mol. The first kappa shape index (κ1) is 11.0. The van der Waals surface area contributed by atoms with Crippen molar-refractivity contribution < 1.29 is 13.9 Å². The van der Waals surface area contributed by atoms with Crippen LogP contribution >= 0.6 is 15.9 Å². The molecule has 0 fully saturated rings. The van der Waals surface area contributed by atoms with Gasteiger partial charge in [0.25, 0.3) is 0 Å². The molecule has 0 saturated heterocycles. The number of halogens is 2. The zero-order valence-corrected chi connectivity index (χ0v) is 9.10. The lowest BCUT2D eigenvalue weighted by Crippen LogP contribution is -2.14. The highest BCUT2D eigenvalue weighted by Gasteiger charge is 2.09. The van der Waals surface area contributed by atoms with Gasteiger partial charge in [0.1, 0.15) is 5.82 Å². The molecule has 0 atom stereocenters. The van der Waals surface area contributed by atoms with Crippen molar-refractivity contribution in [3.05, 3.63) is 28.5 Å². The van der Waals surface area contributed by atoms with Gasteiger partial charge in [-0.15, -0.1) is 0 Å². The Morgan fingerprint density at radius 1 is 1.64 bits per heavy atom. The minimum absolute atomic E-state index is 0.0888. The Kier molecular flexibility index (Phi) is 3.88. The Labute approximate surface area is 89.4 Å². The monoisotopic (exact) mass is 261 g/mol. The molecule has 0 unspecified atom stereocenters. The van der Waals surface area contributed by atoms with Crippen LogP contribution in [0.15, 0.2) is 22.7 Å². The Bertz CT molecular complexity index is 323.